The minimum Gasteiger partial charge on any atom is -0.484 e. The molecular formula is C23H28ClFN2O3. The third-order valence-corrected chi connectivity index (χ3v) is 4.73. The van der Waals surface area contributed by atoms with E-state index in [4.69, 9.17) is 16.3 Å². The maximum atomic E-state index is 13.3. The average molecular weight is 435 g/mol. The normalized spacial score (nSPS) is 11.8. The second-order valence-corrected chi connectivity index (χ2v) is 7.89. The molecule has 0 radical (unpaired) electrons. The highest BCUT2D eigenvalue weighted by Gasteiger charge is 2.29. The van der Waals surface area contributed by atoms with E-state index in [-0.39, 0.29) is 30.8 Å². The van der Waals surface area contributed by atoms with Crippen molar-refractivity contribution >= 4 is 23.4 Å². The lowest BCUT2D eigenvalue weighted by Gasteiger charge is -2.30. The first kappa shape index (κ1) is 23.7. The van der Waals surface area contributed by atoms with Crippen molar-refractivity contribution in [2.45, 2.75) is 39.8 Å². The number of nitrogens with one attached hydrogen (secondary N) is 1. The molecule has 7 heteroatoms. The molecule has 162 valence electrons. The number of rotatable bonds is 10. The molecule has 2 rings (SSSR count). The molecule has 0 aliphatic heterocycles. The minimum absolute atomic E-state index is 0.172. The van der Waals surface area contributed by atoms with Gasteiger partial charge in [0.1, 0.15) is 17.6 Å². The summed E-state index contributed by atoms with van der Waals surface area (Å²) in [5.74, 6) is -0.161. The molecule has 0 heterocycles. The van der Waals surface area contributed by atoms with Crippen LogP contribution in [0.1, 0.15) is 32.8 Å². The Morgan fingerprint density at radius 1 is 1.17 bits per heavy atom. The molecular weight excluding hydrogens is 407 g/mol. The van der Waals surface area contributed by atoms with Gasteiger partial charge in [-0.2, -0.15) is 0 Å². The molecule has 0 unspecified atom stereocenters. The molecule has 30 heavy (non-hydrogen) atoms. The van der Waals surface area contributed by atoms with Gasteiger partial charge in [0.2, 0.25) is 5.91 Å². The van der Waals surface area contributed by atoms with Crippen LogP contribution in [0.2, 0.25) is 5.02 Å². The molecule has 1 atom stereocenters. The van der Waals surface area contributed by atoms with Crippen molar-refractivity contribution < 1.29 is 18.7 Å². The van der Waals surface area contributed by atoms with Crippen LogP contribution in [0.25, 0.3) is 0 Å². The lowest BCUT2D eigenvalue weighted by atomic mass is 10.1. The topological polar surface area (TPSA) is 58.6 Å². The summed E-state index contributed by atoms with van der Waals surface area (Å²) in [5, 5.41) is 3.40. The number of carbonyl (C=O) groups excluding carboxylic acids is 2. The van der Waals surface area contributed by atoms with E-state index in [0.29, 0.717) is 29.7 Å². The fourth-order valence-corrected chi connectivity index (χ4v) is 3.09. The molecule has 0 saturated heterocycles. The summed E-state index contributed by atoms with van der Waals surface area (Å²) in [5.41, 5.74) is 0.725. The molecule has 0 saturated carbocycles. The van der Waals surface area contributed by atoms with Crippen molar-refractivity contribution in [2.75, 3.05) is 13.2 Å². The summed E-state index contributed by atoms with van der Waals surface area (Å²) in [7, 11) is 0. The quantitative estimate of drug-likeness (QED) is 0.601. The van der Waals surface area contributed by atoms with Gasteiger partial charge >= 0.3 is 0 Å². The standard InChI is InChI=1S/C23H28ClFN2O3/c1-4-21(23(29)26-13-16(2)3)27(14-17-8-10-19(25)11-9-17)22(28)15-30-20-7-5-6-18(24)12-20/h5-12,16,21H,4,13-15H2,1-3H3,(H,26,29)/t21-/m1/s1. The van der Waals surface area contributed by atoms with E-state index in [2.05, 4.69) is 5.32 Å². The van der Waals surface area contributed by atoms with Crippen LogP contribution < -0.4 is 10.1 Å². The van der Waals surface area contributed by atoms with Crippen LogP contribution in [0.4, 0.5) is 4.39 Å². The molecule has 0 aromatic heterocycles. The van der Waals surface area contributed by atoms with Gasteiger partial charge in [-0.1, -0.05) is 50.6 Å². The Labute approximate surface area is 182 Å². The van der Waals surface area contributed by atoms with Crippen LogP contribution in [0.15, 0.2) is 48.5 Å². The maximum Gasteiger partial charge on any atom is 0.261 e. The lowest BCUT2D eigenvalue weighted by molar-refractivity contribution is -0.143. The van der Waals surface area contributed by atoms with Crippen LogP contribution >= 0.6 is 11.6 Å². The lowest BCUT2D eigenvalue weighted by Crippen LogP contribution is -2.50. The smallest absolute Gasteiger partial charge is 0.261 e. The number of nitrogens with zero attached hydrogens (tertiary/aromatic N) is 1. The molecule has 2 aromatic carbocycles. The van der Waals surface area contributed by atoms with Crippen LogP contribution in [-0.2, 0) is 16.1 Å². The first-order chi connectivity index (χ1) is 14.3. The Balaban J connectivity index is 2.18. The van der Waals surface area contributed by atoms with Gasteiger partial charge in [0.25, 0.3) is 5.91 Å². The van der Waals surface area contributed by atoms with Crippen LogP contribution in [-0.4, -0.2) is 35.9 Å². The van der Waals surface area contributed by atoms with E-state index >= 15 is 0 Å². The third kappa shape index (κ3) is 7.34. The molecule has 0 aliphatic rings. The van der Waals surface area contributed by atoms with Gasteiger partial charge in [0, 0.05) is 18.1 Å². The first-order valence-electron chi connectivity index (χ1n) is 10.00. The zero-order chi connectivity index (χ0) is 22.1. The van der Waals surface area contributed by atoms with Gasteiger partial charge in [-0.3, -0.25) is 9.59 Å². The SMILES string of the molecule is CC[C@H](C(=O)NCC(C)C)N(Cc1ccc(F)cc1)C(=O)COc1cccc(Cl)c1. The van der Waals surface area contributed by atoms with Crippen molar-refractivity contribution in [3.63, 3.8) is 0 Å². The molecule has 0 spiro atoms. The van der Waals surface area contributed by atoms with Gasteiger partial charge in [-0.15, -0.1) is 0 Å². The van der Waals surface area contributed by atoms with E-state index < -0.39 is 6.04 Å². The van der Waals surface area contributed by atoms with Gasteiger partial charge in [0.05, 0.1) is 0 Å². The second-order valence-electron chi connectivity index (χ2n) is 7.46. The minimum atomic E-state index is -0.663. The summed E-state index contributed by atoms with van der Waals surface area (Å²) in [6.45, 7) is 6.30. The summed E-state index contributed by atoms with van der Waals surface area (Å²) in [4.78, 5) is 27.3. The van der Waals surface area contributed by atoms with Crippen LogP contribution in [0.5, 0.6) is 5.75 Å². The number of hydrogen-bond donors (Lipinski definition) is 1. The van der Waals surface area contributed by atoms with Crippen LogP contribution in [0, 0.1) is 11.7 Å². The fraction of sp³-hybridized carbons (Fsp3) is 0.391. The number of halogens is 2. The van der Waals surface area contributed by atoms with E-state index in [9.17, 15) is 14.0 Å². The van der Waals surface area contributed by atoms with Gasteiger partial charge in [-0.25, -0.2) is 4.39 Å². The van der Waals surface area contributed by atoms with E-state index in [1.165, 1.54) is 17.0 Å². The number of ether oxygens (including phenoxy) is 1. The second kappa shape index (κ2) is 11.6. The maximum absolute atomic E-state index is 13.3. The summed E-state index contributed by atoms with van der Waals surface area (Å²) in [6, 6.07) is 12.0. The summed E-state index contributed by atoms with van der Waals surface area (Å²) < 4.78 is 18.9. The predicted octanol–water partition coefficient (Wildman–Crippen LogP) is 4.44. The Morgan fingerprint density at radius 2 is 1.87 bits per heavy atom. The summed E-state index contributed by atoms with van der Waals surface area (Å²) >= 11 is 5.96. The molecule has 0 aliphatic carbocycles. The van der Waals surface area contributed by atoms with Gasteiger partial charge in [0.15, 0.2) is 6.61 Å². The molecule has 1 N–H and O–H groups in total. The number of carbonyl (C=O) groups is 2. The molecule has 2 amide bonds. The zero-order valence-corrected chi connectivity index (χ0v) is 18.3. The van der Waals surface area contributed by atoms with Crippen LogP contribution in [0.3, 0.4) is 0 Å². The number of hydrogen-bond acceptors (Lipinski definition) is 3. The van der Waals surface area contributed by atoms with Gasteiger partial charge < -0.3 is 15.0 Å². The zero-order valence-electron chi connectivity index (χ0n) is 17.5. The number of amides is 2. The summed E-state index contributed by atoms with van der Waals surface area (Å²) in [6.07, 6.45) is 0.439. The van der Waals surface area contributed by atoms with Crippen molar-refractivity contribution in [3.8, 4) is 5.75 Å². The largest absolute Gasteiger partial charge is 0.484 e. The highest BCUT2D eigenvalue weighted by molar-refractivity contribution is 6.30. The molecule has 2 aromatic rings. The van der Waals surface area contributed by atoms with E-state index in [1.807, 2.05) is 20.8 Å². The highest BCUT2D eigenvalue weighted by atomic mass is 35.5. The Morgan fingerprint density at radius 3 is 2.47 bits per heavy atom. The number of benzene rings is 2. The predicted molar refractivity (Wildman–Crippen MR) is 116 cm³/mol. The molecule has 5 nitrogen and oxygen atoms in total. The average Bonchev–Trinajstić information content (AvgIpc) is 2.71. The van der Waals surface area contributed by atoms with Crippen molar-refractivity contribution in [2.24, 2.45) is 5.92 Å². The third-order valence-electron chi connectivity index (χ3n) is 4.50. The Bertz CT molecular complexity index is 843. The molecule has 0 fully saturated rings. The van der Waals surface area contributed by atoms with Crippen molar-refractivity contribution in [1.29, 1.82) is 0 Å². The molecule has 0 bridgehead atoms. The monoisotopic (exact) mass is 434 g/mol. The fourth-order valence-electron chi connectivity index (χ4n) is 2.91. The van der Waals surface area contributed by atoms with E-state index in [0.717, 1.165) is 5.56 Å². The Kier molecular flexibility index (Phi) is 9.12. The Hall–Kier alpha value is -2.60. The van der Waals surface area contributed by atoms with E-state index in [1.54, 1.807) is 36.4 Å². The van der Waals surface area contributed by atoms with Crippen molar-refractivity contribution in [3.05, 3.63) is 64.9 Å². The first-order valence-corrected chi connectivity index (χ1v) is 10.4. The highest BCUT2D eigenvalue weighted by Crippen LogP contribution is 2.18. The van der Waals surface area contributed by atoms with Gasteiger partial charge in [-0.05, 0) is 48.2 Å². The van der Waals surface area contributed by atoms with Crippen molar-refractivity contribution in [1.82, 2.24) is 10.2 Å².